The quantitative estimate of drug-likeness (QED) is 0.754. The van der Waals surface area contributed by atoms with Crippen LogP contribution in [0.3, 0.4) is 0 Å². The van der Waals surface area contributed by atoms with Gasteiger partial charge >= 0.3 is 0 Å². The van der Waals surface area contributed by atoms with E-state index in [9.17, 15) is 0 Å². The zero-order valence-corrected chi connectivity index (χ0v) is 12.2. The molecule has 0 radical (unpaired) electrons. The van der Waals surface area contributed by atoms with Crippen molar-refractivity contribution < 1.29 is 0 Å². The number of aromatic nitrogens is 4. The largest absolute Gasteiger partial charge is 0.399 e. The second kappa shape index (κ2) is 5.54. The second-order valence-electron chi connectivity index (χ2n) is 4.67. The zero-order chi connectivity index (χ0) is 14.8. The molecule has 0 fully saturated rings. The summed E-state index contributed by atoms with van der Waals surface area (Å²) in [6.45, 7) is 2.10. The molecule has 2 N–H and O–H groups in total. The molecule has 106 valence electrons. The minimum absolute atomic E-state index is 0.559. The Morgan fingerprint density at radius 2 is 2.00 bits per heavy atom. The molecule has 0 unspecified atom stereocenters. The summed E-state index contributed by atoms with van der Waals surface area (Å²) in [5.74, 6) is 0.616. The van der Waals surface area contributed by atoms with E-state index in [-0.39, 0.29) is 0 Å². The van der Waals surface area contributed by atoms with Gasteiger partial charge in [-0.3, -0.25) is 0 Å². The molecular formula is C15H14ClN5. The van der Waals surface area contributed by atoms with E-state index < -0.39 is 0 Å². The van der Waals surface area contributed by atoms with Gasteiger partial charge in [0.25, 0.3) is 0 Å². The van der Waals surface area contributed by atoms with Gasteiger partial charge in [0.1, 0.15) is 0 Å². The minimum atomic E-state index is 0.559. The Bertz CT molecular complexity index is 761. The Labute approximate surface area is 127 Å². The third-order valence-corrected chi connectivity index (χ3v) is 3.47. The number of hydrogen-bond acceptors (Lipinski definition) is 4. The van der Waals surface area contributed by atoms with Gasteiger partial charge in [-0.05, 0) is 46.7 Å². The first-order chi connectivity index (χ1) is 10.2. The molecular weight excluding hydrogens is 286 g/mol. The molecule has 0 atom stereocenters. The normalized spacial score (nSPS) is 10.8. The summed E-state index contributed by atoms with van der Waals surface area (Å²) in [5.41, 5.74) is 9.34. The van der Waals surface area contributed by atoms with Gasteiger partial charge in [-0.15, -0.1) is 5.10 Å². The number of anilines is 1. The number of benzene rings is 2. The van der Waals surface area contributed by atoms with Crippen LogP contribution in [0.2, 0.25) is 5.02 Å². The molecule has 0 bridgehead atoms. The molecule has 2 aromatic carbocycles. The van der Waals surface area contributed by atoms with Crippen molar-refractivity contribution in [2.24, 2.45) is 0 Å². The molecule has 0 aliphatic heterocycles. The summed E-state index contributed by atoms with van der Waals surface area (Å²) < 4.78 is 1.71. The monoisotopic (exact) mass is 299 g/mol. The topological polar surface area (TPSA) is 69.6 Å². The van der Waals surface area contributed by atoms with Crippen LogP contribution in [-0.4, -0.2) is 20.2 Å². The van der Waals surface area contributed by atoms with Crippen LogP contribution in [0.15, 0.2) is 42.5 Å². The zero-order valence-electron chi connectivity index (χ0n) is 11.5. The molecule has 1 heterocycles. The fraction of sp³-hybridized carbons (Fsp3) is 0.133. The molecule has 0 saturated heterocycles. The predicted octanol–water partition coefficient (Wildman–Crippen LogP) is 3.13. The maximum Gasteiger partial charge on any atom is 0.187 e. The minimum Gasteiger partial charge on any atom is -0.399 e. The van der Waals surface area contributed by atoms with Crippen LogP contribution in [0.5, 0.6) is 0 Å². The number of halogens is 1. The summed E-state index contributed by atoms with van der Waals surface area (Å²) in [6, 6.07) is 13.3. The number of aryl methyl sites for hydroxylation is 1. The molecule has 0 aliphatic carbocycles. The third-order valence-electron chi connectivity index (χ3n) is 3.25. The van der Waals surface area contributed by atoms with Gasteiger partial charge in [-0.1, -0.05) is 36.7 Å². The maximum atomic E-state index is 6.07. The van der Waals surface area contributed by atoms with Crippen molar-refractivity contribution in [3.05, 3.63) is 53.1 Å². The molecule has 0 amide bonds. The van der Waals surface area contributed by atoms with E-state index in [4.69, 9.17) is 17.3 Å². The Morgan fingerprint density at radius 1 is 1.19 bits per heavy atom. The lowest BCUT2D eigenvalue weighted by Gasteiger charge is -2.09. The van der Waals surface area contributed by atoms with Gasteiger partial charge in [0.05, 0.1) is 5.69 Å². The van der Waals surface area contributed by atoms with Crippen LogP contribution in [-0.2, 0) is 6.42 Å². The lowest BCUT2D eigenvalue weighted by molar-refractivity contribution is 0.783. The average Bonchev–Trinajstić information content (AvgIpc) is 2.95. The van der Waals surface area contributed by atoms with E-state index in [0.717, 1.165) is 17.7 Å². The van der Waals surface area contributed by atoms with Gasteiger partial charge < -0.3 is 5.73 Å². The first-order valence-corrected chi connectivity index (χ1v) is 7.00. The van der Waals surface area contributed by atoms with E-state index in [0.29, 0.717) is 16.5 Å². The van der Waals surface area contributed by atoms with Crippen LogP contribution in [0.1, 0.15) is 12.5 Å². The van der Waals surface area contributed by atoms with E-state index in [1.807, 2.05) is 24.3 Å². The SMILES string of the molecule is CCc1ccccc1-n1nnnc1-c1cc(N)cc(Cl)c1. The van der Waals surface area contributed by atoms with Crippen LogP contribution in [0.25, 0.3) is 17.1 Å². The number of hydrogen-bond donors (Lipinski definition) is 1. The molecule has 21 heavy (non-hydrogen) atoms. The molecule has 3 rings (SSSR count). The Morgan fingerprint density at radius 3 is 2.76 bits per heavy atom. The van der Waals surface area contributed by atoms with Crippen LogP contribution < -0.4 is 5.73 Å². The highest BCUT2D eigenvalue weighted by atomic mass is 35.5. The summed E-state index contributed by atoms with van der Waals surface area (Å²) in [6.07, 6.45) is 0.896. The van der Waals surface area contributed by atoms with Crippen LogP contribution in [0.4, 0.5) is 5.69 Å². The number of nitrogens with two attached hydrogens (primary N) is 1. The lowest BCUT2D eigenvalue weighted by atomic mass is 10.1. The molecule has 0 aliphatic rings. The Hall–Kier alpha value is -2.40. The van der Waals surface area contributed by atoms with Crippen molar-refractivity contribution in [2.75, 3.05) is 5.73 Å². The Balaban J connectivity index is 2.17. The van der Waals surface area contributed by atoms with Gasteiger partial charge in [-0.2, -0.15) is 4.68 Å². The molecule has 6 heteroatoms. The second-order valence-corrected chi connectivity index (χ2v) is 5.11. The van der Waals surface area contributed by atoms with E-state index >= 15 is 0 Å². The van der Waals surface area contributed by atoms with E-state index in [1.54, 1.807) is 16.8 Å². The molecule has 0 spiro atoms. The fourth-order valence-electron chi connectivity index (χ4n) is 2.29. The van der Waals surface area contributed by atoms with Gasteiger partial charge in [0, 0.05) is 16.3 Å². The maximum absolute atomic E-state index is 6.07. The number of tetrazole rings is 1. The molecule has 3 aromatic rings. The van der Waals surface area contributed by atoms with Crippen molar-refractivity contribution >= 4 is 17.3 Å². The molecule has 1 aromatic heterocycles. The Kier molecular flexibility index (Phi) is 3.58. The van der Waals surface area contributed by atoms with Gasteiger partial charge in [-0.25, -0.2) is 0 Å². The van der Waals surface area contributed by atoms with Gasteiger partial charge in [0.15, 0.2) is 5.82 Å². The summed E-state index contributed by atoms with van der Waals surface area (Å²) in [5, 5.41) is 12.6. The highest BCUT2D eigenvalue weighted by Crippen LogP contribution is 2.26. The number of para-hydroxylation sites is 1. The average molecular weight is 300 g/mol. The highest BCUT2D eigenvalue weighted by molar-refractivity contribution is 6.31. The van der Waals surface area contributed by atoms with Crippen molar-refractivity contribution in [3.8, 4) is 17.1 Å². The van der Waals surface area contributed by atoms with E-state index in [1.165, 1.54) is 5.56 Å². The van der Waals surface area contributed by atoms with Crippen LogP contribution in [0, 0.1) is 0 Å². The standard InChI is InChI=1S/C15H14ClN5/c1-2-10-5-3-4-6-14(10)21-15(18-19-20-21)11-7-12(16)9-13(17)8-11/h3-9H,2,17H2,1H3. The summed E-state index contributed by atoms with van der Waals surface area (Å²) in [7, 11) is 0. The van der Waals surface area contributed by atoms with Crippen LogP contribution >= 0.6 is 11.6 Å². The van der Waals surface area contributed by atoms with Gasteiger partial charge in [0.2, 0.25) is 0 Å². The van der Waals surface area contributed by atoms with Crippen molar-refractivity contribution in [3.63, 3.8) is 0 Å². The smallest absolute Gasteiger partial charge is 0.187 e. The fourth-order valence-corrected chi connectivity index (χ4v) is 2.53. The predicted molar refractivity (Wildman–Crippen MR) is 83.4 cm³/mol. The number of nitrogens with zero attached hydrogens (tertiary/aromatic N) is 4. The first-order valence-electron chi connectivity index (χ1n) is 6.62. The molecule has 0 saturated carbocycles. The number of nitrogen functional groups attached to an aromatic ring is 1. The van der Waals surface area contributed by atoms with Crippen molar-refractivity contribution in [1.29, 1.82) is 0 Å². The van der Waals surface area contributed by atoms with Crippen molar-refractivity contribution in [1.82, 2.24) is 20.2 Å². The highest BCUT2D eigenvalue weighted by Gasteiger charge is 2.13. The summed E-state index contributed by atoms with van der Waals surface area (Å²) in [4.78, 5) is 0. The lowest BCUT2D eigenvalue weighted by Crippen LogP contribution is -2.03. The third kappa shape index (κ3) is 2.60. The summed E-state index contributed by atoms with van der Waals surface area (Å²) >= 11 is 6.07. The number of rotatable bonds is 3. The first kappa shape index (κ1) is 13.6. The van der Waals surface area contributed by atoms with Crippen molar-refractivity contribution in [2.45, 2.75) is 13.3 Å². The van der Waals surface area contributed by atoms with E-state index in [2.05, 4.69) is 28.5 Å². The molecule has 5 nitrogen and oxygen atoms in total.